The number of allylic oxidation sites excluding steroid dienone is 22. The molecule has 0 fully saturated rings. The van der Waals surface area contributed by atoms with E-state index in [0.717, 1.165) is 218 Å². The molecule has 0 rings (SSSR count). The molecule has 0 radical (unpaired) electrons. The molecule has 0 bridgehead atoms. The smallest absolute Gasteiger partial charge is 0.462 e. The first-order valence-corrected chi connectivity index (χ1v) is 45.4. The highest BCUT2D eigenvalue weighted by Gasteiger charge is 2.30. The van der Waals surface area contributed by atoms with Crippen LogP contribution in [0.3, 0.4) is 0 Å². The predicted molar refractivity (Wildman–Crippen MR) is 445 cm³/mol. The Balaban J connectivity index is 5.37. The fraction of sp³-hybridized carbons (Fsp3) is 0.708. The number of phosphoric ester groups is 2. The molecular formula is C89H152O17P2. The fourth-order valence-corrected chi connectivity index (χ4v) is 12.7. The summed E-state index contributed by atoms with van der Waals surface area (Å²) in [6.45, 7) is 4.65. The average molecular weight is 1560 g/mol. The van der Waals surface area contributed by atoms with Crippen molar-refractivity contribution in [1.29, 1.82) is 0 Å². The van der Waals surface area contributed by atoms with E-state index in [9.17, 15) is 43.2 Å². The second-order valence-corrected chi connectivity index (χ2v) is 30.9. The Labute approximate surface area is 656 Å². The highest BCUT2D eigenvalue weighted by Crippen LogP contribution is 2.45. The molecule has 3 N–H and O–H groups in total. The Morgan fingerprint density at radius 1 is 0.269 bits per heavy atom. The zero-order valence-electron chi connectivity index (χ0n) is 68.0. The fourth-order valence-electron chi connectivity index (χ4n) is 11.1. The van der Waals surface area contributed by atoms with E-state index >= 15 is 0 Å². The van der Waals surface area contributed by atoms with Gasteiger partial charge in [-0.2, -0.15) is 0 Å². The van der Waals surface area contributed by atoms with Crippen molar-refractivity contribution in [2.45, 2.75) is 367 Å². The van der Waals surface area contributed by atoms with Crippen LogP contribution in [0, 0.1) is 0 Å². The van der Waals surface area contributed by atoms with Crippen molar-refractivity contribution in [3.8, 4) is 0 Å². The topological polar surface area (TPSA) is 237 Å². The number of ether oxygens (including phenoxy) is 4. The van der Waals surface area contributed by atoms with Gasteiger partial charge in [0.05, 0.1) is 26.4 Å². The number of carbonyl (C=O) groups excluding carboxylic acids is 4. The highest BCUT2D eigenvalue weighted by atomic mass is 31.2. The number of carbonyl (C=O) groups is 4. The molecule has 0 aliphatic rings. The van der Waals surface area contributed by atoms with E-state index in [1.165, 1.54) is 51.4 Å². The summed E-state index contributed by atoms with van der Waals surface area (Å²) in [5, 5.41) is 10.7. The Kier molecular flexibility index (Phi) is 76.7. The number of aliphatic hydroxyl groups excluding tert-OH is 1. The van der Waals surface area contributed by atoms with Gasteiger partial charge in [-0.05, 0) is 161 Å². The maximum Gasteiger partial charge on any atom is 0.472 e. The minimum absolute atomic E-state index is 0.0748. The first-order chi connectivity index (χ1) is 52.7. The minimum Gasteiger partial charge on any atom is -0.462 e. The van der Waals surface area contributed by atoms with Crippen LogP contribution in [0.2, 0.25) is 0 Å². The molecule has 0 saturated heterocycles. The van der Waals surface area contributed by atoms with E-state index in [1.54, 1.807) is 0 Å². The van der Waals surface area contributed by atoms with Crippen LogP contribution in [-0.2, 0) is 65.4 Å². The zero-order valence-corrected chi connectivity index (χ0v) is 69.8. The van der Waals surface area contributed by atoms with Gasteiger partial charge in [-0.15, -0.1) is 0 Å². The summed E-state index contributed by atoms with van der Waals surface area (Å²) in [7, 11) is -9.98. The van der Waals surface area contributed by atoms with E-state index < -0.39 is 97.5 Å². The number of phosphoric acid groups is 2. The van der Waals surface area contributed by atoms with E-state index in [0.29, 0.717) is 25.7 Å². The lowest BCUT2D eigenvalue weighted by molar-refractivity contribution is -0.161. The van der Waals surface area contributed by atoms with E-state index in [2.05, 4.69) is 161 Å². The maximum absolute atomic E-state index is 13.1. The van der Waals surface area contributed by atoms with Gasteiger partial charge in [0.2, 0.25) is 0 Å². The lowest BCUT2D eigenvalue weighted by Gasteiger charge is -2.21. The van der Waals surface area contributed by atoms with Gasteiger partial charge < -0.3 is 33.8 Å². The number of hydrogen-bond acceptors (Lipinski definition) is 15. The van der Waals surface area contributed by atoms with Crippen molar-refractivity contribution in [3.63, 3.8) is 0 Å². The van der Waals surface area contributed by atoms with Crippen molar-refractivity contribution in [3.05, 3.63) is 134 Å². The Bertz CT molecular complexity index is 2560. The number of unbranched alkanes of at least 4 members (excludes halogenated alkanes) is 31. The Hall–Kier alpha value is -4.80. The molecule has 0 aromatic carbocycles. The van der Waals surface area contributed by atoms with E-state index in [1.807, 2.05) is 0 Å². The molecule has 19 heteroatoms. The van der Waals surface area contributed by atoms with Gasteiger partial charge in [-0.25, -0.2) is 9.13 Å². The molecule has 5 unspecified atom stereocenters. The summed E-state index contributed by atoms with van der Waals surface area (Å²) < 4.78 is 68.7. The Morgan fingerprint density at radius 3 is 0.778 bits per heavy atom. The molecule has 620 valence electrons. The van der Waals surface area contributed by atoms with Gasteiger partial charge in [-0.3, -0.25) is 37.3 Å². The molecule has 0 amide bonds. The number of aliphatic hydroxyl groups is 1. The maximum atomic E-state index is 13.1. The number of rotatable bonds is 79. The molecule has 5 atom stereocenters. The molecule has 0 spiro atoms. The van der Waals surface area contributed by atoms with Gasteiger partial charge in [-0.1, -0.05) is 296 Å². The molecule has 0 aromatic heterocycles. The van der Waals surface area contributed by atoms with Crippen molar-refractivity contribution >= 4 is 39.5 Å². The first-order valence-electron chi connectivity index (χ1n) is 42.4. The summed E-state index contributed by atoms with van der Waals surface area (Å²) >= 11 is 0. The molecular weight excluding hydrogens is 1400 g/mol. The Morgan fingerprint density at radius 2 is 0.491 bits per heavy atom. The quantitative estimate of drug-likeness (QED) is 0.0169. The van der Waals surface area contributed by atoms with Gasteiger partial charge in [0.15, 0.2) is 12.2 Å². The summed E-state index contributed by atoms with van der Waals surface area (Å²) in [6, 6.07) is 0. The summed E-state index contributed by atoms with van der Waals surface area (Å²) in [4.78, 5) is 73.2. The lowest BCUT2D eigenvalue weighted by atomic mass is 10.1. The third-order valence-corrected chi connectivity index (χ3v) is 19.5. The van der Waals surface area contributed by atoms with Crippen molar-refractivity contribution in [2.75, 3.05) is 39.6 Å². The molecule has 0 aliphatic heterocycles. The van der Waals surface area contributed by atoms with Gasteiger partial charge in [0.25, 0.3) is 0 Å². The van der Waals surface area contributed by atoms with Crippen LogP contribution in [0.4, 0.5) is 0 Å². The second-order valence-electron chi connectivity index (χ2n) is 28.0. The van der Waals surface area contributed by atoms with Gasteiger partial charge in [0, 0.05) is 25.7 Å². The molecule has 0 heterocycles. The van der Waals surface area contributed by atoms with Crippen molar-refractivity contribution in [1.82, 2.24) is 0 Å². The molecule has 0 saturated carbocycles. The van der Waals surface area contributed by atoms with Gasteiger partial charge >= 0.3 is 39.5 Å². The molecule has 0 aromatic rings. The van der Waals surface area contributed by atoms with Crippen LogP contribution in [0.25, 0.3) is 0 Å². The number of hydrogen-bond donors (Lipinski definition) is 3. The molecule has 108 heavy (non-hydrogen) atoms. The van der Waals surface area contributed by atoms with Crippen LogP contribution >= 0.6 is 15.6 Å². The van der Waals surface area contributed by atoms with Crippen LogP contribution in [0.15, 0.2) is 134 Å². The normalized spacial score (nSPS) is 14.5. The molecule has 0 aliphatic carbocycles. The highest BCUT2D eigenvalue weighted by molar-refractivity contribution is 7.47. The van der Waals surface area contributed by atoms with Crippen LogP contribution in [0.5, 0.6) is 0 Å². The van der Waals surface area contributed by atoms with Crippen molar-refractivity contribution in [2.24, 2.45) is 0 Å². The monoisotopic (exact) mass is 1560 g/mol. The SMILES string of the molecule is CC/C=C\C/C=C\C/C=C\C/C=C\CCCCCCCCC(=O)OCC(COP(=O)(O)OCC(O)COP(=O)(O)OCC(COC(=O)CCCCCCCC/C=C\C/C=C\C/C=C\CCCCC)OC(=O)CCCCCCCC/C=C\C/C=C\C/C=C\CCCCC)OC(=O)CCCCCCC/C=C\CCCC. The van der Waals surface area contributed by atoms with E-state index in [4.69, 9.17) is 37.0 Å². The second kappa shape index (κ2) is 80.3. The van der Waals surface area contributed by atoms with Crippen LogP contribution in [-0.4, -0.2) is 96.7 Å². The van der Waals surface area contributed by atoms with Crippen LogP contribution < -0.4 is 0 Å². The van der Waals surface area contributed by atoms with Gasteiger partial charge in [0.1, 0.15) is 19.3 Å². The summed E-state index contributed by atoms with van der Waals surface area (Å²) in [6.07, 6.45) is 91.3. The summed E-state index contributed by atoms with van der Waals surface area (Å²) in [5.41, 5.74) is 0. The third kappa shape index (κ3) is 79.3. The first kappa shape index (κ1) is 103. The lowest BCUT2D eigenvalue weighted by Crippen LogP contribution is -2.30. The minimum atomic E-state index is -4.99. The zero-order chi connectivity index (χ0) is 78.9. The largest absolute Gasteiger partial charge is 0.472 e. The molecule has 17 nitrogen and oxygen atoms in total. The van der Waals surface area contributed by atoms with E-state index in [-0.39, 0.29) is 25.7 Å². The van der Waals surface area contributed by atoms with Crippen molar-refractivity contribution < 1.29 is 80.2 Å². The standard InChI is InChI=1S/C89H152O17P2/c1-5-9-13-17-21-25-29-32-35-38-41-44-47-50-54-57-61-65-69-73-86(91)99-79-84(105-88(93)75-71-67-63-59-53-28-24-20-16-12-8-4)81-103-107(95,96)101-77-83(90)78-102-108(97,98)104-82-85(106-89(94)76-72-68-64-60-56-52-49-46-43-40-37-34-31-27-23-19-15-11-7-3)80-100-87(92)74-70-66-62-58-55-51-48-45-42-39-36-33-30-26-22-18-14-10-6-2/h9,13,20-27,32-37,41-46,83-85,90H,5-8,10-12,14-19,28-31,38-40,47-82H2,1-4H3,(H,95,96)(H,97,98)/b13-9-,24-20-,25-21-,26-22-,27-23-,35-32-,36-33-,37-34-,44-41-,45-42-,46-43-. The van der Waals surface area contributed by atoms with Crippen LogP contribution in [0.1, 0.15) is 349 Å². The average Bonchev–Trinajstić information content (AvgIpc) is 0.899. The number of esters is 4. The predicted octanol–water partition coefficient (Wildman–Crippen LogP) is 25.2. The third-order valence-electron chi connectivity index (χ3n) is 17.6. The summed E-state index contributed by atoms with van der Waals surface area (Å²) in [5.74, 6) is -2.22.